The molecule has 1 atom stereocenters. The number of esters is 3. The second-order valence-electron chi connectivity index (χ2n) is 20.9. The molecule has 0 N–H and O–H groups in total. The zero-order valence-corrected chi connectivity index (χ0v) is 49.3. The van der Waals surface area contributed by atoms with Crippen molar-refractivity contribution in [2.75, 3.05) is 13.2 Å². The van der Waals surface area contributed by atoms with Gasteiger partial charge in [0.05, 0.1) is 0 Å². The average Bonchev–Trinajstić information content (AvgIpc) is 3.41. The van der Waals surface area contributed by atoms with E-state index in [2.05, 4.69) is 112 Å². The molecule has 0 amide bonds. The fourth-order valence-electron chi connectivity index (χ4n) is 8.81. The number of rotatable bonds is 57. The highest BCUT2D eigenvalue weighted by molar-refractivity contribution is 5.71. The summed E-state index contributed by atoms with van der Waals surface area (Å²) in [6.45, 7) is 6.46. The Morgan fingerprint density at radius 1 is 0.280 bits per heavy atom. The van der Waals surface area contributed by atoms with Crippen LogP contribution >= 0.6 is 0 Å². The quantitative estimate of drug-likeness (QED) is 0.0261. The van der Waals surface area contributed by atoms with Gasteiger partial charge in [0.1, 0.15) is 13.2 Å². The molecule has 0 bridgehead atoms. The molecular weight excluding hydrogens is 925 g/mol. The molecule has 0 rings (SSSR count). The summed E-state index contributed by atoms with van der Waals surface area (Å²) >= 11 is 0. The minimum Gasteiger partial charge on any atom is -0.462 e. The fraction of sp³-hybridized carbons (Fsp3) is 0.725. The lowest BCUT2D eigenvalue weighted by Gasteiger charge is -2.18. The van der Waals surface area contributed by atoms with Gasteiger partial charge in [-0.05, 0) is 109 Å². The number of carbonyl (C=O) groups excluding carboxylic acids is 3. The van der Waals surface area contributed by atoms with Gasteiger partial charge >= 0.3 is 17.9 Å². The van der Waals surface area contributed by atoms with Crippen LogP contribution in [0.1, 0.15) is 303 Å². The van der Waals surface area contributed by atoms with Gasteiger partial charge in [0.2, 0.25) is 0 Å². The van der Waals surface area contributed by atoms with Crippen LogP contribution in [0.15, 0.2) is 97.2 Å². The number of carbonyl (C=O) groups is 3. The van der Waals surface area contributed by atoms with E-state index in [0.29, 0.717) is 19.3 Å². The normalized spacial score (nSPS) is 12.7. The lowest BCUT2D eigenvalue weighted by molar-refractivity contribution is -0.166. The van der Waals surface area contributed by atoms with E-state index in [9.17, 15) is 14.4 Å². The van der Waals surface area contributed by atoms with Crippen molar-refractivity contribution in [1.29, 1.82) is 0 Å². The standard InChI is InChI=1S/C69H118O6/c1-4-7-10-13-16-19-22-25-27-29-30-31-32-33-34-35-36-37-38-40-41-44-47-50-53-56-59-62-68(71)74-65-66(64-73-67(70)61-58-55-52-49-46-43-24-21-18-15-12-9-6-3)75-69(72)63-60-57-54-51-48-45-42-39-28-26-23-20-17-14-11-8-5-2/h9,12,18,21-22,25-26,28-30,32-33,43,46,52,55,66H,4-8,10-11,13-17,19-20,23-24,27,31,34-42,44-45,47-51,53-54,56-65H2,1-3H3/b12-9-,21-18-,25-22-,28-26-,30-29-,33-32-,46-43-,55-52-. The molecule has 0 aromatic carbocycles. The molecule has 6 heteroatoms. The molecule has 1 unspecified atom stereocenters. The van der Waals surface area contributed by atoms with Gasteiger partial charge in [-0.3, -0.25) is 14.4 Å². The highest BCUT2D eigenvalue weighted by atomic mass is 16.6. The Morgan fingerprint density at radius 2 is 0.547 bits per heavy atom. The molecule has 0 aromatic heterocycles. The molecule has 0 aliphatic rings. The Morgan fingerprint density at radius 3 is 0.907 bits per heavy atom. The third-order valence-corrected chi connectivity index (χ3v) is 13.6. The number of hydrogen-bond donors (Lipinski definition) is 0. The van der Waals surface area contributed by atoms with Crippen molar-refractivity contribution in [2.24, 2.45) is 0 Å². The van der Waals surface area contributed by atoms with Crippen molar-refractivity contribution in [1.82, 2.24) is 0 Å². The van der Waals surface area contributed by atoms with E-state index in [-0.39, 0.29) is 37.5 Å². The summed E-state index contributed by atoms with van der Waals surface area (Å²) in [5, 5.41) is 0. The molecule has 6 nitrogen and oxygen atoms in total. The lowest BCUT2D eigenvalue weighted by Crippen LogP contribution is -2.30. The first kappa shape index (κ1) is 71.3. The van der Waals surface area contributed by atoms with Crippen LogP contribution in [0, 0.1) is 0 Å². The van der Waals surface area contributed by atoms with E-state index in [1.54, 1.807) is 0 Å². The molecule has 430 valence electrons. The van der Waals surface area contributed by atoms with Crippen molar-refractivity contribution < 1.29 is 28.6 Å². The van der Waals surface area contributed by atoms with Gasteiger partial charge in [0.15, 0.2) is 6.10 Å². The lowest BCUT2D eigenvalue weighted by atomic mass is 10.0. The zero-order chi connectivity index (χ0) is 54.3. The van der Waals surface area contributed by atoms with Gasteiger partial charge < -0.3 is 14.2 Å². The summed E-state index contributed by atoms with van der Waals surface area (Å²) in [6, 6.07) is 0. The van der Waals surface area contributed by atoms with Crippen molar-refractivity contribution in [2.45, 2.75) is 309 Å². The van der Waals surface area contributed by atoms with Crippen molar-refractivity contribution in [3.05, 3.63) is 97.2 Å². The Kier molecular flexibility index (Phi) is 59.8. The topological polar surface area (TPSA) is 78.9 Å². The van der Waals surface area contributed by atoms with Gasteiger partial charge in [-0.15, -0.1) is 0 Å². The van der Waals surface area contributed by atoms with Gasteiger partial charge in [0.25, 0.3) is 0 Å². The summed E-state index contributed by atoms with van der Waals surface area (Å²) in [4.78, 5) is 38.2. The van der Waals surface area contributed by atoms with Gasteiger partial charge in [-0.1, -0.05) is 272 Å². The van der Waals surface area contributed by atoms with Crippen molar-refractivity contribution in [3.63, 3.8) is 0 Å². The largest absolute Gasteiger partial charge is 0.462 e. The summed E-state index contributed by atoms with van der Waals surface area (Å²) in [5.74, 6) is -0.985. The molecule has 0 saturated heterocycles. The van der Waals surface area contributed by atoms with E-state index >= 15 is 0 Å². The molecule has 0 spiro atoms. The second-order valence-corrected chi connectivity index (χ2v) is 20.9. The third-order valence-electron chi connectivity index (χ3n) is 13.6. The summed E-state index contributed by atoms with van der Waals surface area (Å²) in [7, 11) is 0. The number of ether oxygens (including phenoxy) is 3. The smallest absolute Gasteiger partial charge is 0.306 e. The fourth-order valence-corrected chi connectivity index (χ4v) is 8.81. The monoisotopic (exact) mass is 1040 g/mol. The Hall–Kier alpha value is -3.67. The third kappa shape index (κ3) is 61.1. The minimum atomic E-state index is -0.810. The maximum atomic E-state index is 12.9. The van der Waals surface area contributed by atoms with Crippen LogP contribution in [0.2, 0.25) is 0 Å². The van der Waals surface area contributed by atoms with E-state index < -0.39 is 6.10 Å². The maximum Gasteiger partial charge on any atom is 0.306 e. The van der Waals surface area contributed by atoms with Gasteiger partial charge in [-0.25, -0.2) is 0 Å². The first-order valence-corrected chi connectivity index (χ1v) is 31.7. The molecule has 75 heavy (non-hydrogen) atoms. The Bertz CT molecular complexity index is 1480. The van der Waals surface area contributed by atoms with Crippen LogP contribution in [0.4, 0.5) is 0 Å². The van der Waals surface area contributed by atoms with E-state index in [4.69, 9.17) is 14.2 Å². The van der Waals surface area contributed by atoms with Gasteiger partial charge in [-0.2, -0.15) is 0 Å². The van der Waals surface area contributed by atoms with Crippen LogP contribution in [-0.4, -0.2) is 37.2 Å². The van der Waals surface area contributed by atoms with Crippen LogP contribution in [0.5, 0.6) is 0 Å². The molecule has 0 radical (unpaired) electrons. The number of hydrogen-bond acceptors (Lipinski definition) is 6. The van der Waals surface area contributed by atoms with Crippen LogP contribution in [0.25, 0.3) is 0 Å². The summed E-state index contributed by atoms with van der Waals surface area (Å²) in [6.07, 6.45) is 84.3. The van der Waals surface area contributed by atoms with Gasteiger partial charge in [0, 0.05) is 19.3 Å². The van der Waals surface area contributed by atoms with Crippen LogP contribution < -0.4 is 0 Å². The summed E-state index contributed by atoms with van der Waals surface area (Å²) < 4.78 is 16.8. The molecule has 0 aliphatic heterocycles. The predicted molar refractivity (Wildman–Crippen MR) is 325 cm³/mol. The number of allylic oxidation sites excluding steroid dienone is 16. The maximum absolute atomic E-state index is 12.9. The SMILES string of the molecule is CC/C=C\C/C=C\C/C=C\C/C=C\CCC(=O)OCC(COC(=O)CCCCCCCCCCCCCC/C=C\C/C=C\C/C=C\CCCCCCC)OC(=O)CCCCCCCCC/C=C\CCCCCCCC. The molecular formula is C69H118O6. The molecule has 0 fully saturated rings. The van der Waals surface area contributed by atoms with E-state index in [0.717, 1.165) is 77.0 Å². The molecule has 0 aliphatic carbocycles. The summed E-state index contributed by atoms with van der Waals surface area (Å²) in [5.41, 5.74) is 0. The Balaban J connectivity index is 4.32. The highest BCUT2D eigenvalue weighted by Crippen LogP contribution is 2.16. The predicted octanol–water partition coefficient (Wildman–Crippen LogP) is 21.7. The molecule has 0 aromatic rings. The van der Waals surface area contributed by atoms with Crippen molar-refractivity contribution >= 4 is 17.9 Å². The van der Waals surface area contributed by atoms with E-state index in [1.165, 1.54) is 180 Å². The minimum absolute atomic E-state index is 0.102. The van der Waals surface area contributed by atoms with Crippen LogP contribution in [-0.2, 0) is 28.6 Å². The van der Waals surface area contributed by atoms with E-state index in [1.807, 2.05) is 6.08 Å². The average molecular weight is 1040 g/mol. The Labute approximate surface area is 464 Å². The zero-order valence-electron chi connectivity index (χ0n) is 49.3. The molecule has 0 heterocycles. The highest BCUT2D eigenvalue weighted by Gasteiger charge is 2.19. The first-order valence-electron chi connectivity index (χ1n) is 31.7. The van der Waals surface area contributed by atoms with Crippen LogP contribution in [0.3, 0.4) is 0 Å². The number of unbranched alkanes of at least 4 members (excludes halogenated alkanes) is 30. The molecule has 0 saturated carbocycles. The second kappa shape index (κ2) is 62.9. The first-order chi connectivity index (χ1) is 37.0. The van der Waals surface area contributed by atoms with Crippen molar-refractivity contribution in [3.8, 4) is 0 Å².